The lowest BCUT2D eigenvalue weighted by molar-refractivity contribution is 0.627. The third-order valence-electron chi connectivity index (χ3n) is 1.38. The Morgan fingerprint density at radius 3 is 2.42 bits per heavy atom. The van der Waals surface area contributed by atoms with Gasteiger partial charge >= 0.3 is 0 Å². The van der Waals surface area contributed by atoms with Crippen LogP contribution in [0.1, 0.15) is 5.56 Å². The molecule has 1 rings (SSSR count). The van der Waals surface area contributed by atoms with Crippen LogP contribution in [0.15, 0.2) is 43.0 Å². The fourth-order valence-corrected chi connectivity index (χ4v) is 1.02. The molecule has 0 N–H and O–H groups in total. The lowest BCUT2D eigenvalue weighted by atomic mass is 10.2. The first-order chi connectivity index (χ1) is 5.74. The smallest absolute Gasteiger partial charge is 0.123 e. The van der Waals surface area contributed by atoms with E-state index < -0.39 is 0 Å². The molecule has 0 aromatic heterocycles. The molecule has 0 aliphatic heterocycles. The molecule has 0 fully saturated rings. The highest BCUT2D eigenvalue weighted by Crippen LogP contribution is 2.18. The number of rotatable bonds is 2. The average Bonchev–Trinajstić information content (AvgIpc) is 2.06. The second kappa shape index (κ2) is 4.07. The molecule has 12 heavy (non-hydrogen) atoms. The van der Waals surface area contributed by atoms with Crippen molar-refractivity contribution in [2.45, 2.75) is 0 Å². The Bertz CT molecular complexity index is 298. The van der Waals surface area contributed by atoms with Gasteiger partial charge in [-0.3, -0.25) is 0 Å². The summed E-state index contributed by atoms with van der Waals surface area (Å²) >= 11 is 5.83. The normalized spacial score (nSPS) is 11.3. The second-order valence-corrected chi connectivity index (χ2v) is 2.66. The molecule has 1 aromatic rings. The van der Waals surface area contributed by atoms with E-state index in [1.165, 1.54) is 12.1 Å². The Balaban J connectivity index is 2.97. The van der Waals surface area contributed by atoms with Gasteiger partial charge < -0.3 is 0 Å². The summed E-state index contributed by atoms with van der Waals surface area (Å²) in [5, 5.41) is 0.560. The molecular formula is C10H8ClF. The molecule has 0 radical (unpaired) electrons. The highest BCUT2D eigenvalue weighted by atomic mass is 35.5. The van der Waals surface area contributed by atoms with E-state index in [4.69, 9.17) is 11.6 Å². The molecule has 2 heteroatoms. The summed E-state index contributed by atoms with van der Waals surface area (Å²) in [6, 6.07) is 5.98. The lowest BCUT2D eigenvalue weighted by Gasteiger charge is -1.96. The number of hydrogen-bond donors (Lipinski definition) is 0. The molecule has 0 saturated carbocycles. The van der Waals surface area contributed by atoms with Gasteiger partial charge in [0.1, 0.15) is 5.82 Å². The van der Waals surface area contributed by atoms with Gasteiger partial charge in [-0.05, 0) is 23.8 Å². The molecule has 0 nitrogen and oxygen atoms in total. The van der Waals surface area contributed by atoms with E-state index in [0.717, 1.165) is 5.56 Å². The lowest BCUT2D eigenvalue weighted by Crippen LogP contribution is -1.77. The van der Waals surface area contributed by atoms with Crippen LogP contribution in [0.3, 0.4) is 0 Å². The summed E-state index contributed by atoms with van der Waals surface area (Å²) in [5.41, 5.74) is 0.790. The molecule has 0 spiro atoms. The molecular weight excluding hydrogens is 175 g/mol. The summed E-state index contributed by atoms with van der Waals surface area (Å²) in [4.78, 5) is 0. The average molecular weight is 183 g/mol. The zero-order valence-electron chi connectivity index (χ0n) is 6.43. The van der Waals surface area contributed by atoms with Crippen LogP contribution >= 0.6 is 11.6 Å². The van der Waals surface area contributed by atoms with Crippen molar-refractivity contribution in [2.24, 2.45) is 0 Å². The predicted molar refractivity (Wildman–Crippen MR) is 50.4 cm³/mol. The first-order valence-corrected chi connectivity index (χ1v) is 3.86. The van der Waals surface area contributed by atoms with Crippen molar-refractivity contribution in [1.82, 2.24) is 0 Å². The second-order valence-electron chi connectivity index (χ2n) is 2.26. The Morgan fingerprint density at radius 2 is 1.92 bits per heavy atom. The van der Waals surface area contributed by atoms with E-state index in [1.54, 1.807) is 24.3 Å². The third kappa shape index (κ3) is 2.21. The standard InChI is InChI=1S/C10H8ClF/c1-2-3-10(11)8-4-6-9(12)7-5-8/h2-7H,1H2/b10-3-. The zero-order valence-corrected chi connectivity index (χ0v) is 7.18. The van der Waals surface area contributed by atoms with Crippen LogP contribution in [0.25, 0.3) is 5.03 Å². The van der Waals surface area contributed by atoms with Gasteiger partial charge in [0.25, 0.3) is 0 Å². The monoisotopic (exact) mass is 182 g/mol. The predicted octanol–water partition coefficient (Wildman–Crippen LogP) is 3.59. The van der Waals surface area contributed by atoms with Crippen molar-refractivity contribution < 1.29 is 4.39 Å². The summed E-state index contributed by atoms with van der Waals surface area (Å²) in [5.74, 6) is -0.262. The van der Waals surface area contributed by atoms with E-state index >= 15 is 0 Å². The van der Waals surface area contributed by atoms with Crippen molar-refractivity contribution in [1.29, 1.82) is 0 Å². The molecule has 0 aliphatic rings. The Morgan fingerprint density at radius 1 is 1.33 bits per heavy atom. The van der Waals surface area contributed by atoms with Gasteiger partial charge in [-0.25, -0.2) is 4.39 Å². The van der Waals surface area contributed by atoms with E-state index in [-0.39, 0.29) is 5.82 Å². The molecule has 0 unspecified atom stereocenters. The SMILES string of the molecule is C=C/C=C(\Cl)c1ccc(F)cc1. The van der Waals surface area contributed by atoms with Gasteiger partial charge in [0, 0.05) is 5.03 Å². The van der Waals surface area contributed by atoms with E-state index in [0.29, 0.717) is 5.03 Å². The quantitative estimate of drug-likeness (QED) is 0.614. The van der Waals surface area contributed by atoms with Crippen molar-refractivity contribution in [3.8, 4) is 0 Å². The van der Waals surface area contributed by atoms with Crippen LogP contribution < -0.4 is 0 Å². The van der Waals surface area contributed by atoms with Crippen molar-refractivity contribution >= 4 is 16.6 Å². The number of hydrogen-bond acceptors (Lipinski definition) is 0. The van der Waals surface area contributed by atoms with E-state index in [1.807, 2.05) is 0 Å². The highest BCUT2D eigenvalue weighted by molar-refractivity contribution is 6.48. The van der Waals surface area contributed by atoms with Crippen LogP contribution in [0, 0.1) is 5.82 Å². The Hall–Kier alpha value is -1.08. The number of allylic oxidation sites excluding steroid dienone is 2. The molecule has 0 saturated heterocycles. The first kappa shape index (κ1) is 9.01. The van der Waals surface area contributed by atoms with Gasteiger partial charge in [-0.15, -0.1) is 0 Å². The van der Waals surface area contributed by atoms with Crippen LogP contribution in [-0.4, -0.2) is 0 Å². The minimum absolute atomic E-state index is 0.262. The maximum Gasteiger partial charge on any atom is 0.123 e. The zero-order chi connectivity index (χ0) is 8.97. The van der Waals surface area contributed by atoms with Crippen molar-refractivity contribution in [2.75, 3.05) is 0 Å². The molecule has 62 valence electrons. The fraction of sp³-hybridized carbons (Fsp3) is 0. The van der Waals surface area contributed by atoms with Crippen LogP contribution in [0.5, 0.6) is 0 Å². The number of benzene rings is 1. The van der Waals surface area contributed by atoms with E-state index in [9.17, 15) is 4.39 Å². The van der Waals surface area contributed by atoms with E-state index in [2.05, 4.69) is 6.58 Å². The molecule has 0 amide bonds. The molecule has 0 aliphatic carbocycles. The number of halogens is 2. The first-order valence-electron chi connectivity index (χ1n) is 3.48. The van der Waals surface area contributed by atoms with Crippen LogP contribution in [0.2, 0.25) is 0 Å². The molecule has 0 bridgehead atoms. The van der Waals surface area contributed by atoms with Crippen LogP contribution in [0.4, 0.5) is 4.39 Å². The van der Waals surface area contributed by atoms with Gasteiger partial charge in [-0.2, -0.15) is 0 Å². The van der Waals surface area contributed by atoms with Gasteiger partial charge in [0.05, 0.1) is 0 Å². The minimum atomic E-state index is -0.262. The Kier molecular flexibility index (Phi) is 3.06. The molecule has 0 heterocycles. The largest absolute Gasteiger partial charge is 0.207 e. The maximum absolute atomic E-state index is 12.5. The summed E-state index contributed by atoms with van der Waals surface area (Å²) in [6.45, 7) is 3.51. The highest BCUT2D eigenvalue weighted by Gasteiger charge is 1.95. The van der Waals surface area contributed by atoms with Crippen molar-refractivity contribution in [3.63, 3.8) is 0 Å². The van der Waals surface area contributed by atoms with Gasteiger partial charge in [0.15, 0.2) is 0 Å². The maximum atomic E-state index is 12.5. The third-order valence-corrected chi connectivity index (χ3v) is 1.73. The Labute approximate surface area is 76.0 Å². The van der Waals surface area contributed by atoms with Crippen molar-refractivity contribution in [3.05, 3.63) is 54.4 Å². The van der Waals surface area contributed by atoms with Gasteiger partial charge in [-0.1, -0.05) is 36.4 Å². The summed E-state index contributed by atoms with van der Waals surface area (Å²) in [7, 11) is 0. The fourth-order valence-electron chi connectivity index (χ4n) is 0.809. The topological polar surface area (TPSA) is 0 Å². The minimum Gasteiger partial charge on any atom is -0.207 e. The molecule has 1 aromatic carbocycles. The van der Waals surface area contributed by atoms with Crippen LogP contribution in [-0.2, 0) is 0 Å². The summed E-state index contributed by atoms with van der Waals surface area (Å²) < 4.78 is 12.5. The summed E-state index contributed by atoms with van der Waals surface area (Å²) in [6.07, 6.45) is 3.25. The molecule has 0 atom stereocenters. The van der Waals surface area contributed by atoms with Gasteiger partial charge in [0.2, 0.25) is 0 Å².